The van der Waals surface area contributed by atoms with E-state index in [0.29, 0.717) is 12.0 Å². The standard InChI is InChI=1S/C17H14BrNO3/c18-13-8-6-11(7-9-13)15-10-14(17(21)22-15)19-16(20)12-4-2-1-3-5-12/h1-9,14-15H,10H2,(H,19,20)/t14-,15-/m0/s1. The van der Waals surface area contributed by atoms with Crippen molar-refractivity contribution in [2.45, 2.75) is 18.6 Å². The molecule has 3 rings (SSSR count). The lowest BCUT2D eigenvalue weighted by atomic mass is 10.0. The molecule has 0 spiro atoms. The molecule has 0 saturated carbocycles. The summed E-state index contributed by atoms with van der Waals surface area (Å²) in [4.78, 5) is 24.1. The number of esters is 1. The van der Waals surface area contributed by atoms with Crippen LogP contribution in [0.4, 0.5) is 0 Å². The zero-order valence-electron chi connectivity index (χ0n) is 11.7. The molecule has 1 aliphatic heterocycles. The lowest BCUT2D eigenvalue weighted by Gasteiger charge is -2.09. The van der Waals surface area contributed by atoms with Crippen molar-refractivity contribution in [3.8, 4) is 0 Å². The number of rotatable bonds is 3. The summed E-state index contributed by atoms with van der Waals surface area (Å²) >= 11 is 3.37. The minimum atomic E-state index is -0.610. The molecule has 0 unspecified atom stereocenters. The molecule has 0 aliphatic carbocycles. The minimum absolute atomic E-state index is 0.265. The fourth-order valence-corrected chi connectivity index (χ4v) is 2.68. The number of benzene rings is 2. The average Bonchev–Trinajstić information content (AvgIpc) is 2.90. The van der Waals surface area contributed by atoms with Gasteiger partial charge in [0.25, 0.3) is 5.91 Å². The van der Waals surface area contributed by atoms with E-state index in [1.807, 2.05) is 30.3 Å². The third kappa shape index (κ3) is 3.20. The van der Waals surface area contributed by atoms with E-state index in [-0.39, 0.29) is 12.0 Å². The Morgan fingerprint density at radius 1 is 1.09 bits per heavy atom. The summed E-state index contributed by atoms with van der Waals surface area (Å²) in [6.07, 6.45) is 0.126. The molecule has 4 nitrogen and oxygen atoms in total. The number of hydrogen-bond acceptors (Lipinski definition) is 3. The summed E-state index contributed by atoms with van der Waals surface area (Å²) in [5, 5.41) is 2.73. The van der Waals surface area contributed by atoms with Crippen LogP contribution in [0, 0.1) is 0 Å². The van der Waals surface area contributed by atoms with Gasteiger partial charge in [0.15, 0.2) is 0 Å². The van der Waals surface area contributed by atoms with E-state index in [9.17, 15) is 9.59 Å². The van der Waals surface area contributed by atoms with Gasteiger partial charge in [-0.1, -0.05) is 46.3 Å². The number of carbonyl (C=O) groups excluding carboxylic acids is 2. The highest BCUT2D eigenvalue weighted by atomic mass is 79.9. The van der Waals surface area contributed by atoms with Crippen LogP contribution in [0.2, 0.25) is 0 Å². The van der Waals surface area contributed by atoms with Crippen LogP contribution in [0.1, 0.15) is 28.4 Å². The lowest BCUT2D eigenvalue weighted by molar-refractivity contribution is -0.143. The molecule has 2 aromatic carbocycles. The number of halogens is 1. The summed E-state index contributed by atoms with van der Waals surface area (Å²) in [6, 6.07) is 15.8. The second-order valence-corrected chi connectivity index (χ2v) is 6.02. The first-order valence-electron chi connectivity index (χ1n) is 6.95. The first-order chi connectivity index (χ1) is 10.6. The van der Waals surface area contributed by atoms with Crippen molar-refractivity contribution in [3.05, 3.63) is 70.2 Å². The predicted octanol–water partition coefficient (Wildman–Crippen LogP) is 3.24. The van der Waals surface area contributed by atoms with Crippen molar-refractivity contribution in [1.29, 1.82) is 0 Å². The van der Waals surface area contributed by atoms with Crippen LogP contribution in [-0.4, -0.2) is 17.9 Å². The van der Waals surface area contributed by atoms with E-state index < -0.39 is 12.0 Å². The Bertz CT molecular complexity index is 685. The van der Waals surface area contributed by atoms with E-state index >= 15 is 0 Å². The topological polar surface area (TPSA) is 55.4 Å². The number of ether oxygens (including phenoxy) is 1. The highest BCUT2D eigenvalue weighted by Crippen LogP contribution is 2.30. The van der Waals surface area contributed by atoms with E-state index in [4.69, 9.17) is 4.74 Å². The van der Waals surface area contributed by atoms with Gasteiger partial charge >= 0.3 is 5.97 Å². The van der Waals surface area contributed by atoms with E-state index in [1.165, 1.54) is 0 Å². The maximum Gasteiger partial charge on any atom is 0.329 e. The largest absolute Gasteiger partial charge is 0.456 e. The summed E-state index contributed by atoms with van der Waals surface area (Å²) in [5.41, 5.74) is 1.45. The first-order valence-corrected chi connectivity index (χ1v) is 7.74. The zero-order chi connectivity index (χ0) is 15.5. The van der Waals surface area contributed by atoms with Crippen molar-refractivity contribution < 1.29 is 14.3 Å². The molecule has 22 heavy (non-hydrogen) atoms. The van der Waals surface area contributed by atoms with Crippen LogP contribution < -0.4 is 5.32 Å². The monoisotopic (exact) mass is 359 g/mol. The Labute approximate surface area is 136 Å². The van der Waals surface area contributed by atoms with Crippen LogP contribution in [0.25, 0.3) is 0 Å². The SMILES string of the molecule is O=C(N[C@H]1C[C@@H](c2ccc(Br)cc2)OC1=O)c1ccccc1. The third-order valence-electron chi connectivity index (χ3n) is 3.58. The van der Waals surface area contributed by atoms with Crippen molar-refractivity contribution in [2.24, 2.45) is 0 Å². The Morgan fingerprint density at radius 3 is 2.45 bits per heavy atom. The molecule has 1 fully saturated rings. The van der Waals surface area contributed by atoms with Crippen molar-refractivity contribution in [1.82, 2.24) is 5.32 Å². The van der Waals surface area contributed by atoms with Gasteiger partial charge in [-0.3, -0.25) is 4.79 Å². The Hall–Kier alpha value is -2.14. The second kappa shape index (κ2) is 6.32. The summed E-state index contributed by atoms with van der Waals surface area (Å²) in [5.74, 6) is -0.656. The molecule has 0 aromatic heterocycles. The maximum absolute atomic E-state index is 12.1. The van der Waals surface area contributed by atoms with E-state index in [2.05, 4.69) is 21.2 Å². The quantitative estimate of drug-likeness (QED) is 0.855. The van der Waals surface area contributed by atoms with Gasteiger partial charge in [0.05, 0.1) is 0 Å². The van der Waals surface area contributed by atoms with Crippen molar-refractivity contribution in [3.63, 3.8) is 0 Å². The van der Waals surface area contributed by atoms with Gasteiger partial charge in [-0.05, 0) is 29.8 Å². The number of hydrogen-bond donors (Lipinski definition) is 1. The Kier molecular flexibility index (Phi) is 4.24. The Morgan fingerprint density at radius 2 is 1.77 bits per heavy atom. The van der Waals surface area contributed by atoms with Gasteiger partial charge in [0, 0.05) is 16.5 Å². The van der Waals surface area contributed by atoms with Crippen LogP contribution >= 0.6 is 15.9 Å². The molecule has 1 aliphatic rings. The molecular formula is C17H14BrNO3. The van der Waals surface area contributed by atoms with Gasteiger partial charge in [-0.2, -0.15) is 0 Å². The van der Waals surface area contributed by atoms with E-state index in [1.54, 1.807) is 24.3 Å². The molecule has 1 N–H and O–H groups in total. The van der Waals surface area contributed by atoms with Crippen LogP contribution in [0.3, 0.4) is 0 Å². The number of amides is 1. The number of cyclic esters (lactones) is 1. The molecule has 2 atom stereocenters. The van der Waals surface area contributed by atoms with Gasteiger partial charge in [-0.15, -0.1) is 0 Å². The van der Waals surface area contributed by atoms with Crippen molar-refractivity contribution >= 4 is 27.8 Å². The number of nitrogens with one attached hydrogen (secondary N) is 1. The maximum atomic E-state index is 12.1. The summed E-state index contributed by atoms with van der Waals surface area (Å²) in [7, 11) is 0. The van der Waals surface area contributed by atoms with Gasteiger partial charge < -0.3 is 10.1 Å². The molecule has 1 saturated heterocycles. The second-order valence-electron chi connectivity index (χ2n) is 5.10. The summed E-state index contributed by atoms with van der Waals surface area (Å²) in [6.45, 7) is 0. The molecule has 0 radical (unpaired) electrons. The molecular weight excluding hydrogens is 346 g/mol. The molecule has 0 bridgehead atoms. The predicted molar refractivity (Wildman–Crippen MR) is 85.3 cm³/mol. The first kappa shape index (κ1) is 14.8. The molecule has 112 valence electrons. The third-order valence-corrected chi connectivity index (χ3v) is 4.10. The average molecular weight is 360 g/mol. The normalized spacial score (nSPS) is 20.5. The summed E-state index contributed by atoms with van der Waals surface area (Å²) < 4.78 is 6.33. The number of carbonyl (C=O) groups is 2. The van der Waals surface area contributed by atoms with Crippen molar-refractivity contribution in [2.75, 3.05) is 0 Å². The van der Waals surface area contributed by atoms with Crippen LogP contribution in [0.5, 0.6) is 0 Å². The molecule has 5 heteroatoms. The highest BCUT2D eigenvalue weighted by Gasteiger charge is 2.36. The molecule has 2 aromatic rings. The minimum Gasteiger partial charge on any atom is -0.456 e. The fourth-order valence-electron chi connectivity index (χ4n) is 2.41. The van der Waals surface area contributed by atoms with E-state index in [0.717, 1.165) is 10.0 Å². The molecule has 1 heterocycles. The van der Waals surface area contributed by atoms with Crippen LogP contribution in [0.15, 0.2) is 59.1 Å². The highest BCUT2D eigenvalue weighted by molar-refractivity contribution is 9.10. The van der Waals surface area contributed by atoms with Gasteiger partial charge in [-0.25, -0.2) is 4.79 Å². The van der Waals surface area contributed by atoms with Crippen LogP contribution in [-0.2, 0) is 9.53 Å². The lowest BCUT2D eigenvalue weighted by Crippen LogP contribution is -2.37. The zero-order valence-corrected chi connectivity index (χ0v) is 13.2. The molecule has 1 amide bonds. The fraction of sp³-hybridized carbons (Fsp3) is 0.176. The van der Waals surface area contributed by atoms with Gasteiger partial charge in [0.1, 0.15) is 12.1 Å². The smallest absolute Gasteiger partial charge is 0.329 e. The van der Waals surface area contributed by atoms with Gasteiger partial charge in [0.2, 0.25) is 0 Å². The Balaban J connectivity index is 1.67.